The summed E-state index contributed by atoms with van der Waals surface area (Å²) in [5, 5.41) is 0.885. The van der Waals surface area contributed by atoms with Crippen LogP contribution in [-0.4, -0.2) is 19.9 Å². The van der Waals surface area contributed by atoms with Gasteiger partial charge in [0.05, 0.1) is 17.4 Å². The van der Waals surface area contributed by atoms with Crippen LogP contribution in [0.15, 0.2) is 23.1 Å². The minimum Gasteiger partial charge on any atom is -0.368 e. The predicted molar refractivity (Wildman–Crippen MR) is 81.2 cm³/mol. The molecule has 3 heterocycles. The van der Waals surface area contributed by atoms with E-state index in [4.69, 9.17) is 5.73 Å². The average molecular weight is 348 g/mol. The lowest BCUT2D eigenvalue weighted by Crippen LogP contribution is -1.98. The maximum absolute atomic E-state index is 14.0. The van der Waals surface area contributed by atoms with Crippen LogP contribution < -0.4 is 5.73 Å². The van der Waals surface area contributed by atoms with Crippen molar-refractivity contribution in [1.29, 1.82) is 0 Å². The van der Waals surface area contributed by atoms with Gasteiger partial charge in [-0.1, -0.05) is 0 Å². The lowest BCUT2D eigenvalue weighted by atomic mass is 10.1. The number of pyridine rings is 1. The molecule has 3 aromatic heterocycles. The fourth-order valence-corrected chi connectivity index (χ4v) is 2.96. The first kappa shape index (κ1) is 12.7. The van der Waals surface area contributed by atoms with Crippen LogP contribution in [0.4, 0.5) is 10.3 Å². The highest BCUT2D eigenvalue weighted by molar-refractivity contribution is 9.10. The third kappa shape index (κ3) is 2.08. The molecule has 5 nitrogen and oxygen atoms in total. The Kier molecular flexibility index (Phi) is 2.72. The number of halogens is 2. The minimum absolute atomic E-state index is 0.0521. The Hall–Kier alpha value is -2.02. The minimum atomic E-state index is -0.494. The van der Waals surface area contributed by atoms with Crippen LogP contribution >= 0.6 is 15.9 Å². The molecule has 1 aliphatic rings. The molecule has 3 aromatic rings. The van der Waals surface area contributed by atoms with E-state index in [0.29, 0.717) is 11.5 Å². The molecule has 106 valence electrons. The number of nitrogens with zero attached hydrogens (tertiary/aromatic N) is 3. The van der Waals surface area contributed by atoms with Crippen LogP contribution in [0.5, 0.6) is 0 Å². The lowest BCUT2D eigenvalue weighted by Gasteiger charge is -2.04. The Labute approximate surface area is 128 Å². The number of nitrogen functional groups attached to an aromatic ring is 1. The van der Waals surface area contributed by atoms with Crippen molar-refractivity contribution in [3.8, 4) is 11.3 Å². The van der Waals surface area contributed by atoms with Crippen LogP contribution in [0.1, 0.15) is 24.5 Å². The summed E-state index contributed by atoms with van der Waals surface area (Å²) in [7, 11) is 0. The molecule has 3 N–H and O–H groups in total. The van der Waals surface area contributed by atoms with Crippen LogP contribution in [0, 0.1) is 5.82 Å². The zero-order valence-electron chi connectivity index (χ0n) is 10.9. The van der Waals surface area contributed by atoms with Gasteiger partial charge in [-0.25, -0.2) is 19.3 Å². The first-order chi connectivity index (χ1) is 10.1. The molecule has 0 radical (unpaired) electrons. The van der Waals surface area contributed by atoms with Crippen LogP contribution in [0.25, 0.3) is 22.2 Å². The molecule has 0 spiro atoms. The topological polar surface area (TPSA) is 80.5 Å². The molecule has 1 aliphatic carbocycles. The van der Waals surface area contributed by atoms with Gasteiger partial charge in [0.15, 0.2) is 5.82 Å². The number of hydrogen-bond donors (Lipinski definition) is 2. The smallest absolute Gasteiger partial charge is 0.220 e. The van der Waals surface area contributed by atoms with E-state index in [1.165, 1.54) is 0 Å². The van der Waals surface area contributed by atoms with Gasteiger partial charge in [0.1, 0.15) is 10.3 Å². The fourth-order valence-electron chi connectivity index (χ4n) is 2.54. The summed E-state index contributed by atoms with van der Waals surface area (Å²) in [6.07, 6.45) is 5.12. The Morgan fingerprint density at radius 2 is 2.14 bits per heavy atom. The van der Waals surface area contributed by atoms with E-state index in [1.807, 2.05) is 6.07 Å². The normalized spacial score (nSPS) is 14.8. The third-order valence-corrected chi connectivity index (χ3v) is 4.06. The molecule has 0 aliphatic heterocycles. The molecule has 0 unspecified atom stereocenters. The zero-order chi connectivity index (χ0) is 14.6. The average Bonchev–Trinajstić information content (AvgIpc) is 3.21. The second-order valence-electron chi connectivity index (χ2n) is 5.15. The van der Waals surface area contributed by atoms with Crippen LogP contribution in [0.2, 0.25) is 0 Å². The summed E-state index contributed by atoms with van der Waals surface area (Å²) in [6.45, 7) is 0. The summed E-state index contributed by atoms with van der Waals surface area (Å²) in [4.78, 5) is 15.4. The largest absolute Gasteiger partial charge is 0.368 e. The summed E-state index contributed by atoms with van der Waals surface area (Å²) in [6, 6.07) is 1.87. The number of rotatable bonds is 2. The van der Waals surface area contributed by atoms with Crippen molar-refractivity contribution in [3.05, 3.63) is 34.6 Å². The van der Waals surface area contributed by atoms with E-state index in [9.17, 15) is 4.39 Å². The SMILES string of the molecule is Nc1ncc(F)c(-c2c[nH]c3c(C4CC4)nc(Br)cc23)n1. The highest BCUT2D eigenvalue weighted by Gasteiger charge is 2.29. The number of aromatic nitrogens is 4. The van der Waals surface area contributed by atoms with Crippen molar-refractivity contribution in [2.45, 2.75) is 18.8 Å². The number of anilines is 1. The van der Waals surface area contributed by atoms with Gasteiger partial charge in [-0.3, -0.25) is 0 Å². The molecule has 1 saturated carbocycles. The number of nitrogens with one attached hydrogen (secondary N) is 1. The van der Waals surface area contributed by atoms with E-state index in [0.717, 1.165) is 40.2 Å². The Balaban J connectivity index is 2.00. The summed E-state index contributed by atoms with van der Waals surface area (Å²) < 4.78 is 14.7. The first-order valence-electron chi connectivity index (χ1n) is 6.59. The highest BCUT2D eigenvalue weighted by Crippen LogP contribution is 2.43. The van der Waals surface area contributed by atoms with Crippen LogP contribution in [0.3, 0.4) is 0 Å². The molecule has 21 heavy (non-hydrogen) atoms. The molecule has 4 rings (SSSR count). The standard InChI is InChI=1S/C14H11BrFN5/c15-10-3-7-8(12-9(16)5-19-14(17)21-12)4-18-13(7)11(20-10)6-1-2-6/h3-6,18H,1-2H2,(H2,17,19,21). The monoisotopic (exact) mass is 347 g/mol. The van der Waals surface area contributed by atoms with Crippen LogP contribution in [-0.2, 0) is 0 Å². The maximum atomic E-state index is 14.0. The number of hydrogen-bond acceptors (Lipinski definition) is 4. The van der Waals surface area contributed by atoms with Gasteiger partial charge in [-0.15, -0.1) is 0 Å². The first-order valence-corrected chi connectivity index (χ1v) is 7.38. The molecule has 1 fully saturated rings. The second kappa shape index (κ2) is 4.49. The summed E-state index contributed by atoms with van der Waals surface area (Å²) in [5.74, 6) is 0.0408. The van der Waals surface area contributed by atoms with E-state index >= 15 is 0 Å². The highest BCUT2D eigenvalue weighted by atomic mass is 79.9. The Morgan fingerprint density at radius 3 is 2.90 bits per heavy atom. The van der Waals surface area contributed by atoms with Gasteiger partial charge >= 0.3 is 0 Å². The van der Waals surface area contributed by atoms with E-state index in [2.05, 4.69) is 35.9 Å². The Morgan fingerprint density at radius 1 is 1.33 bits per heavy atom. The molecular formula is C14H11BrFN5. The number of fused-ring (bicyclic) bond motifs is 1. The Bertz CT molecular complexity index is 856. The molecule has 0 atom stereocenters. The summed E-state index contributed by atoms with van der Waals surface area (Å²) in [5.41, 5.74) is 8.40. The van der Waals surface area contributed by atoms with Gasteiger partial charge in [0.2, 0.25) is 5.95 Å². The fraction of sp³-hybridized carbons (Fsp3) is 0.214. The molecule has 0 amide bonds. The van der Waals surface area contributed by atoms with Crippen molar-refractivity contribution in [1.82, 2.24) is 19.9 Å². The lowest BCUT2D eigenvalue weighted by molar-refractivity contribution is 0.619. The van der Waals surface area contributed by atoms with Crippen molar-refractivity contribution in [3.63, 3.8) is 0 Å². The zero-order valence-corrected chi connectivity index (χ0v) is 12.5. The van der Waals surface area contributed by atoms with Crippen molar-refractivity contribution in [2.75, 3.05) is 5.73 Å². The van der Waals surface area contributed by atoms with Crippen molar-refractivity contribution < 1.29 is 4.39 Å². The number of nitrogens with two attached hydrogens (primary N) is 1. The predicted octanol–water partition coefficient (Wildman–Crippen LogP) is 3.38. The number of H-pyrrole nitrogens is 1. The van der Waals surface area contributed by atoms with Crippen molar-refractivity contribution in [2.24, 2.45) is 0 Å². The van der Waals surface area contributed by atoms with E-state index in [1.54, 1.807) is 6.20 Å². The van der Waals surface area contributed by atoms with Gasteiger partial charge in [-0.05, 0) is 34.8 Å². The van der Waals surface area contributed by atoms with Gasteiger partial charge < -0.3 is 10.7 Å². The molecule has 0 aromatic carbocycles. The second-order valence-corrected chi connectivity index (χ2v) is 5.97. The maximum Gasteiger partial charge on any atom is 0.220 e. The van der Waals surface area contributed by atoms with Gasteiger partial charge in [-0.2, -0.15) is 0 Å². The van der Waals surface area contributed by atoms with Gasteiger partial charge in [0.25, 0.3) is 0 Å². The third-order valence-electron chi connectivity index (χ3n) is 3.65. The molecule has 0 saturated heterocycles. The molecule has 7 heteroatoms. The summed E-state index contributed by atoms with van der Waals surface area (Å²) >= 11 is 3.43. The molecule has 0 bridgehead atoms. The van der Waals surface area contributed by atoms with E-state index in [-0.39, 0.29) is 11.6 Å². The molecular weight excluding hydrogens is 337 g/mol. The quantitative estimate of drug-likeness (QED) is 0.696. The number of aromatic amines is 1. The van der Waals surface area contributed by atoms with Gasteiger partial charge in [0, 0.05) is 23.1 Å². The van der Waals surface area contributed by atoms with Crippen molar-refractivity contribution >= 4 is 32.8 Å². The van der Waals surface area contributed by atoms with E-state index < -0.39 is 5.82 Å².